The van der Waals surface area contributed by atoms with Crippen molar-refractivity contribution < 1.29 is 5.11 Å². The van der Waals surface area contributed by atoms with E-state index in [1.165, 1.54) is 25.7 Å². The van der Waals surface area contributed by atoms with Crippen LogP contribution in [-0.2, 0) is 0 Å². The zero-order chi connectivity index (χ0) is 10.2. The van der Waals surface area contributed by atoms with E-state index in [0.717, 1.165) is 26.2 Å². The van der Waals surface area contributed by atoms with Gasteiger partial charge < -0.3 is 10.4 Å². The van der Waals surface area contributed by atoms with Crippen molar-refractivity contribution in [1.29, 1.82) is 0 Å². The van der Waals surface area contributed by atoms with Crippen molar-refractivity contribution in [2.75, 3.05) is 32.8 Å². The van der Waals surface area contributed by atoms with Crippen molar-refractivity contribution in [2.45, 2.75) is 38.6 Å². The summed E-state index contributed by atoms with van der Waals surface area (Å²) in [6.07, 6.45) is 5.05. The van der Waals surface area contributed by atoms with Gasteiger partial charge in [0.05, 0.1) is 6.61 Å². The maximum absolute atomic E-state index is 9.00. The lowest BCUT2D eigenvalue weighted by Crippen LogP contribution is -2.47. The molecule has 0 bridgehead atoms. The molecule has 1 saturated heterocycles. The second-order valence-electron chi connectivity index (χ2n) is 4.11. The highest BCUT2D eigenvalue weighted by atomic mass is 16.3. The molecular weight excluding hydrogens is 176 g/mol. The van der Waals surface area contributed by atoms with Crippen molar-refractivity contribution >= 4 is 0 Å². The SMILES string of the molecule is CCCCN(CCO)C1CCCNC1. The monoisotopic (exact) mass is 200 g/mol. The average Bonchev–Trinajstić information content (AvgIpc) is 2.25. The van der Waals surface area contributed by atoms with Gasteiger partial charge in [0.2, 0.25) is 0 Å². The number of rotatable bonds is 6. The lowest BCUT2D eigenvalue weighted by molar-refractivity contribution is 0.129. The summed E-state index contributed by atoms with van der Waals surface area (Å²) in [5.74, 6) is 0. The van der Waals surface area contributed by atoms with E-state index in [4.69, 9.17) is 5.11 Å². The van der Waals surface area contributed by atoms with E-state index in [-0.39, 0.29) is 0 Å². The molecule has 0 amide bonds. The molecule has 1 fully saturated rings. The van der Waals surface area contributed by atoms with Crippen LogP contribution in [0.4, 0.5) is 0 Å². The van der Waals surface area contributed by atoms with Gasteiger partial charge in [-0.1, -0.05) is 13.3 Å². The Morgan fingerprint density at radius 3 is 2.86 bits per heavy atom. The second-order valence-corrected chi connectivity index (χ2v) is 4.11. The molecule has 1 atom stereocenters. The van der Waals surface area contributed by atoms with E-state index in [2.05, 4.69) is 17.1 Å². The quantitative estimate of drug-likeness (QED) is 0.667. The lowest BCUT2D eigenvalue weighted by atomic mass is 10.1. The van der Waals surface area contributed by atoms with Crippen LogP contribution >= 0.6 is 0 Å². The number of aliphatic hydroxyl groups is 1. The van der Waals surface area contributed by atoms with Gasteiger partial charge in [-0.2, -0.15) is 0 Å². The van der Waals surface area contributed by atoms with Crippen LogP contribution in [0.3, 0.4) is 0 Å². The Morgan fingerprint density at radius 1 is 1.43 bits per heavy atom. The summed E-state index contributed by atoms with van der Waals surface area (Å²) in [5, 5.41) is 12.4. The van der Waals surface area contributed by atoms with Crippen LogP contribution in [0.2, 0.25) is 0 Å². The summed E-state index contributed by atoms with van der Waals surface area (Å²) in [5.41, 5.74) is 0. The van der Waals surface area contributed by atoms with Crippen LogP contribution < -0.4 is 5.32 Å². The molecule has 3 nitrogen and oxygen atoms in total. The average molecular weight is 200 g/mol. The first kappa shape index (κ1) is 12.0. The van der Waals surface area contributed by atoms with E-state index in [9.17, 15) is 0 Å². The first-order chi connectivity index (χ1) is 6.88. The van der Waals surface area contributed by atoms with Crippen molar-refractivity contribution in [3.63, 3.8) is 0 Å². The van der Waals surface area contributed by atoms with Crippen molar-refractivity contribution in [3.05, 3.63) is 0 Å². The Kier molecular flexibility index (Phi) is 6.15. The Bertz CT molecular complexity index is 135. The van der Waals surface area contributed by atoms with Gasteiger partial charge in [0, 0.05) is 19.1 Å². The third-order valence-electron chi connectivity index (χ3n) is 2.97. The minimum absolute atomic E-state index is 0.292. The first-order valence-electron chi connectivity index (χ1n) is 5.94. The maximum atomic E-state index is 9.00. The van der Waals surface area contributed by atoms with Gasteiger partial charge in [-0.05, 0) is 32.4 Å². The largest absolute Gasteiger partial charge is 0.395 e. The molecule has 1 heterocycles. The van der Waals surface area contributed by atoms with Crippen LogP contribution in [0.25, 0.3) is 0 Å². The molecule has 0 spiro atoms. The zero-order valence-electron chi connectivity index (χ0n) is 9.34. The van der Waals surface area contributed by atoms with Gasteiger partial charge in [0.15, 0.2) is 0 Å². The molecule has 1 aliphatic rings. The molecule has 84 valence electrons. The summed E-state index contributed by atoms with van der Waals surface area (Å²) in [4.78, 5) is 2.44. The number of nitrogens with zero attached hydrogens (tertiary/aromatic N) is 1. The number of nitrogens with one attached hydrogen (secondary N) is 1. The molecule has 1 aliphatic heterocycles. The van der Waals surface area contributed by atoms with Crippen molar-refractivity contribution in [2.24, 2.45) is 0 Å². The molecule has 0 aromatic carbocycles. The Balaban J connectivity index is 2.30. The minimum Gasteiger partial charge on any atom is -0.395 e. The normalized spacial score (nSPS) is 22.9. The Labute approximate surface area is 87.5 Å². The summed E-state index contributed by atoms with van der Waals surface area (Å²) < 4.78 is 0. The predicted octanol–water partition coefficient (Wildman–Crippen LogP) is 0.833. The van der Waals surface area contributed by atoms with Crippen LogP contribution in [0.5, 0.6) is 0 Å². The van der Waals surface area contributed by atoms with Crippen molar-refractivity contribution in [3.8, 4) is 0 Å². The summed E-state index contributed by atoms with van der Waals surface area (Å²) in [6, 6.07) is 0.655. The number of hydrogen-bond acceptors (Lipinski definition) is 3. The van der Waals surface area contributed by atoms with E-state index < -0.39 is 0 Å². The highest BCUT2D eigenvalue weighted by molar-refractivity contribution is 4.78. The number of unbranched alkanes of at least 4 members (excludes halogenated alkanes) is 1. The van der Waals surface area contributed by atoms with E-state index in [1.54, 1.807) is 0 Å². The first-order valence-corrected chi connectivity index (χ1v) is 5.94. The number of piperidine rings is 1. The fraction of sp³-hybridized carbons (Fsp3) is 1.00. The molecule has 0 aliphatic carbocycles. The third-order valence-corrected chi connectivity index (χ3v) is 2.97. The van der Waals surface area contributed by atoms with E-state index in [0.29, 0.717) is 12.6 Å². The summed E-state index contributed by atoms with van der Waals surface area (Å²) >= 11 is 0. The number of hydrogen-bond donors (Lipinski definition) is 2. The zero-order valence-corrected chi connectivity index (χ0v) is 9.34. The molecular formula is C11H24N2O. The summed E-state index contributed by atoms with van der Waals surface area (Å²) in [6.45, 7) is 6.76. The molecule has 3 heteroatoms. The highest BCUT2D eigenvalue weighted by Crippen LogP contribution is 2.10. The molecule has 0 radical (unpaired) electrons. The third kappa shape index (κ3) is 3.95. The summed E-state index contributed by atoms with van der Waals surface area (Å²) in [7, 11) is 0. The molecule has 14 heavy (non-hydrogen) atoms. The number of aliphatic hydroxyl groups excluding tert-OH is 1. The molecule has 2 N–H and O–H groups in total. The molecule has 0 aromatic rings. The van der Waals surface area contributed by atoms with Gasteiger partial charge >= 0.3 is 0 Å². The predicted molar refractivity (Wildman–Crippen MR) is 59.5 cm³/mol. The van der Waals surface area contributed by atoms with Crippen LogP contribution in [0, 0.1) is 0 Å². The molecule has 1 unspecified atom stereocenters. The maximum Gasteiger partial charge on any atom is 0.0558 e. The van der Waals surface area contributed by atoms with E-state index >= 15 is 0 Å². The second kappa shape index (κ2) is 7.21. The van der Waals surface area contributed by atoms with Crippen LogP contribution in [0.15, 0.2) is 0 Å². The van der Waals surface area contributed by atoms with Crippen molar-refractivity contribution in [1.82, 2.24) is 10.2 Å². The molecule has 0 aromatic heterocycles. The van der Waals surface area contributed by atoms with Gasteiger partial charge in [-0.3, -0.25) is 4.90 Å². The van der Waals surface area contributed by atoms with Crippen LogP contribution in [-0.4, -0.2) is 48.8 Å². The Morgan fingerprint density at radius 2 is 2.29 bits per heavy atom. The minimum atomic E-state index is 0.292. The van der Waals surface area contributed by atoms with Crippen LogP contribution in [0.1, 0.15) is 32.6 Å². The van der Waals surface area contributed by atoms with Gasteiger partial charge in [-0.15, -0.1) is 0 Å². The topological polar surface area (TPSA) is 35.5 Å². The highest BCUT2D eigenvalue weighted by Gasteiger charge is 2.19. The van der Waals surface area contributed by atoms with Gasteiger partial charge in [0.1, 0.15) is 0 Å². The molecule has 1 rings (SSSR count). The smallest absolute Gasteiger partial charge is 0.0558 e. The standard InChI is InChI=1S/C11H24N2O/c1-2-3-7-13(8-9-14)11-5-4-6-12-10-11/h11-12,14H,2-10H2,1H3. The fourth-order valence-electron chi connectivity index (χ4n) is 2.11. The lowest BCUT2D eigenvalue weighted by Gasteiger charge is -2.34. The fourth-order valence-corrected chi connectivity index (χ4v) is 2.11. The van der Waals surface area contributed by atoms with E-state index in [1.807, 2.05) is 0 Å². The molecule has 0 saturated carbocycles. The Hall–Kier alpha value is -0.120. The van der Waals surface area contributed by atoms with Gasteiger partial charge in [0.25, 0.3) is 0 Å². The van der Waals surface area contributed by atoms with Gasteiger partial charge in [-0.25, -0.2) is 0 Å².